The fraction of sp³-hybridized carbons (Fsp3) is 0.450. The number of pyridine rings is 1. The molecule has 0 spiro atoms. The van der Waals surface area contributed by atoms with E-state index in [1.54, 1.807) is 19.2 Å². The summed E-state index contributed by atoms with van der Waals surface area (Å²) in [5.41, 5.74) is 4.84. The fourth-order valence-electron chi connectivity index (χ4n) is 3.61. The van der Waals surface area contributed by atoms with E-state index in [0.29, 0.717) is 6.42 Å². The van der Waals surface area contributed by atoms with Crippen molar-refractivity contribution in [1.82, 2.24) is 4.98 Å². The van der Waals surface area contributed by atoms with Crippen LogP contribution in [-0.4, -0.2) is 37.4 Å². The van der Waals surface area contributed by atoms with E-state index in [1.165, 1.54) is 12.1 Å². The Morgan fingerprint density at radius 3 is 2.60 bits per heavy atom. The SMILES string of the molecule is COC(CO)c1nc2c(cc1Cc1ccc(F)cc1)N(C)CC2(C)C. The molecule has 1 N–H and O–H groups in total. The van der Waals surface area contributed by atoms with Gasteiger partial charge in [-0.2, -0.15) is 0 Å². The quantitative estimate of drug-likeness (QED) is 0.905. The molecule has 0 bridgehead atoms. The van der Waals surface area contributed by atoms with Crippen molar-refractivity contribution in [3.63, 3.8) is 0 Å². The fourth-order valence-corrected chi connectivity index (χ4v) is 3.61. The third-order valence-corrected chi connectivity index (χ3v) is 4.86. The lowest BCUT2D eigenvalue weighted by molar-refractivity contribution is 0.0447. The largest absolute Gasteiger partial charge is 0.393 e. The number of halogens is 1. The second-order valence-corrected chi connectivity index (χ2v) is 7.35. The minimum Gasteiger partial charge on any atom is -0.393 e. The van der Waals surface area contributed by atoms with Crippen LogP contribution in [0.2, 0.25) is 0 Å². The van der Waals surface area contributed by atoms with Gasteiger partial charge in [0.15, 0.2) is 0 Å². The molecule has 3 rings (SSSR count). The van der Waals surface area contributed by atoms with Crippen LogP contribution in [-0.2, 0) is 16.6 Å². The first-order valence-corrected chi connectivity index (χ1v) is 8.49. The minimum absolute atomic E-state index is 0.0546. The number of benzene rings is 1. The zero-order valence-corrected chi connectivity index (χ0v) is 15.2. The molecule has 2 heterocycles. The first-order chi connectivity index (χ1) is 11.9. The summed E-state index contributed by atoms with van der Waals surface area (Å²) in [6.45, 7) is 5.11. The number of ether oxygens (including phenoxy) is 1. The average Bonchev–Trinajstić information content (AvgIpc) is 2.80. The Bertz CT molecular complexity index is 755. The molecule has 0 saturated carbocycles. The molecule has 1 aromatic carbocycles. The summed E-state index contributed by atoms with van der Waals surface area (Å²) in [7, 11) is 3.64. The van der Waals surface area contributed by atoms with Crippen LogP contribution in [0.5, 0.6) is 0 Å². The number of rotatable bonds is 5. The molecule has 0 radical (unpaired) electrons. The number of anilines is 1. The molecule has 0 aliphatic carbocycles. The van der Waals surface area contributed by atoms with Crippen molar-refractivity contribution in [3.8, 4) is 0 Å². The van der Waals surface area contributed by atoms with Crippen LogP contribution in [0.1, 0.15) is 42.5 Å². The van der Waals surface area contributed by atoms with E-state index in [0.717, 1.165) is 34.7 Å². The van der Waals surface area contributed by atoms with Gasteiger partial charge in [-0.15, -0.1) is 0 Å². The predicted molar refractivity (Wildman–Crippen MR) is 96.6 cm³/mol. The van der Waals surface area contributed by atoms with Gasteiger partial charge in [-0.3, -0.25) is 4.98 Å². The molecule has 134 valence electrons. The molecule has 0 saturated heterocycles. The van der Waals surface area contributed by atoms with Gasteiger partial charge in [0.25, 0.3) is 0 Å². The summed E-state index contributed by atoms with van der Waals surface area (Å²) in [6.07, 6.45) is 0.145. The number of aromatic nitrogens is 1. The van der Waals surface area contributed by atoms with Crippen molar-refractivity contribution < 1.29 is 14.2 Å². The molecule has 2 aromatic rings. The second kappa shape index (κ2) is 6.73. The molecule has 25 heavy (non-hydrogen) atoms. The van der Waals surface area contributed by atoms with Gasteiger partial charge in [-0.1, -0.05) is 26.0 Å². The lowest BCUT2D eigenvalue weighted by atomic mass is 9.90. The molecule has 0 amide bonds. The lowest BCUT2D eigenvalue weighted by Crippen LogP contribution is -2.25. The zero-order chi connectivity index (χ0) is 18.2. The van der Waals surface area contributed by atoms with Crippen LogP contribution in [0.4, 0.5) is 10.1 Å². The number of nitrogens with zero attached hydrogens (tertiary/aromatic N) is 2. The number of fused-ring (bicyclic) bond motifs is 1. The van der Waals surface area contributed by atoms with Gasteiger partial charge in [0.05, 0.1) is 23.7 Å². The first-order valence-electron chi connectivity index (χ1n) is 8.49. The number of aliphatic hydroxyl groups is 1. The standard InChI is InChI=1S/C20H25FN2O2/c1-20(2)12-23(3)16-10-14(9-13-5-7-15(21)8-6-13)18(22-19(16)20)17(11-24)25-4/h5-8,10,17,24H,9,11-12H2,1-4H3. The van der Waals surface area contributed by atoms with E-state index in [1.807, 2.05) is 0 Å². The third kappa shape index (κ3) is 3.39. The monoisotopic (exact) mass is 344 g/mol. The van der Waals surface area contributed by atoms with Gasteiger partial charge < -0.3 is 14.7 Å². The molecule has 5 heteroatoms. The van der Waals surface area contributed by atoms with Crippen LogP contribution in [0.3, 0.4) is 0 Å². The highest BCUT2D eigenvalue weighted by atomic mass is 19.1. The van der Waals surface area contributed by atoms with Crippen molar-refractivity contribution in [1.29, 1.82) is 0 Å². The van der Waals surface area contributed by atoms with Gasteiger partial charge in [-0.25, -0.2) is 4.39 Å². The summed E-state index contributed by atoms with van der Waals surface area (Å²) >= 11 is 0. The van der Waals surface area contributed by atoms with E-state index < -0.39 is 6.10 Å². The van der Waals surface area contributed by atoms with Gasteiger partial charge in [0, 0.05) is 26.1 Å². The maximum absolute atomic E-state index is 13.2. The molecular weight excluding hydrogens is 319 g/mol. The average molecular weight is 344 g/mol. The van der Waals surface area contributed by atoms with E-state index in [2.05, 4.69) is 31.9 Å². The van der Waals surface area contributed by atoms with Crippen LogP contribution < -0.4 is 4.90 Å². The summed E-state index contributed by atoms with van der Waals surface area (Å²) in [5, 5.41) is 9.71. The second-order valence-electron chi connectivity index (χ2n) is 7.35. The number of methoxy groups -OCH3 is 1. The Hall–Kier alpha value is -1.98. The van der Waals surface area contributed by atoms with E-state index in [-0.39, 0.29) is 17.8 Å². The highest BCUT2D eigenvalue weighted by molar-refractivity contribution is 5.61. The van der Waals surface area contributed by atoms with Gasteiger partial charge in [0.2, 0.25) is 0 Å². The molecule has 4 nitrogen and oxygen atoms in total. The predicted octanol–water partition coefficient (Wildman–Crippen LogP) is 3.22. The van der Waals surface area contributed by atoms with Crippen molar-refractivity contribution in [2.75, 3.05) is 32.2 Å². The lowest BCUT2D eigenvalue weighted by Gasteiger charge is -2.21. The number of hydrogen-bond donors (Lipinski definition) is 1. The third-order valence-electron chi connectivity index (χ3n) is 4.86. The van der Waals surface area contributed by atoms with Crippen molar-refractivity contribution in [3.05, 3.63) is 58.7 Å². The zero-order valence-electron chi connectivity index (χ0n) is 15.2. The number of likely N-dealkylation sites (N-methyl/N-ethyl adjacent to an activating group) is 1. The Kier molecular flexibility index (Phi) is 4.80. The van der Waals surface area contributed by atoms with Crippen LogP contribution in [0.15, 0.2) is 30.3 Å². The van der Waals surface area contributed by atoms with Crippen molar-refractivity contribution >= 4 is 5.69 Å². The highest BCUT2D eigenvalue weighted by Crippen LogP contribution is 2.40. The van der Waals surface area contributed by atoms with Crippen LogP contribution in [0.25, 0.3) is 0 Å². The van der Waals surface area contributed by atoms with E-state index in [9.17, 15) is 9.50 Å². The summed E-state index contributed by atoms with van der Waals surface area (Å²) in [4.78, 5) is 7.12. The Morgan fingerprint density at radius 2 is 2.00 bits per heavy atom. The Balaban J connectivity index is 2.09. The minimum atomic E-state index is -0.470. The Morgan fingerprint density at radius 1 is 1.32 bits per heavy atom. The molecule has 1 aliphatic rings. The molecule has 1 aromatic heterocycles. The first kappa shape index (κ1) is 17.8. The highest BCUT2D eigenvalue weighted by Gasteiger charge is 2.36. The normalized spacial score (nSPS) is 16.8. The summed E-state index contributed by atoms with van der Waals surface area (Å²) in [6, 6.07) is 8.62. The summed E-state index contributed by atoms with van der Waals surface area (Å²) < 4.78 is 18.6. The molecule has 1 aliphatic heterocycles. The topological polar surface area (TPSA) is 45.6 Å². The van der Waals surface area contributed by atoms with Gasteiger partial charge in [-0.05, 0) is 35.7 Å². The van der Waals surface area contributed by atoms with Crippen molar-refractivity contribution in [2.45, 2.75) is 31.8 Å². The Labute approximate surface area is 148 Å². The van der Waals surface area contributed by atoms with E-state index in [4.69, 9.17) is 9.72 Å². The molecular formula is C20H25FN2O2. The van der Waals surface area contributed by atoms with E-state index >= 15 is 0 Å². The van der Waals surface area contributed by atoms with Gasteiger partial charge in [0.1, 0.15) is 11.9 Å². The number of hydrogen-bond acceptors (Lipinski definition) is 4. The van der Waals surface area contributed by atoms with Crippen molar-refractivity contribution in [2.24, 2.45) is 0 Å². The maximum Gasteiger partial charge on any atom is 0.123 e. The summed E-state index contributed by atoms with van der Waals surface area (Å²) in [5.74, 6) is -0.248. The van der Waals surface area contributed by atoms with Crippen LogP contribution >= 0.6 is 0 Å². The van der Waals surface area contributed by atoms with Crippen LogP contribution in [0, 0.1) is 5.82 Å². The number of aliphatic hydroxyl groups excluding tert-OH is 1. The van der Waals surface area contributed by atoms with Gasteiger partial charge >= 0.3 is 0 Å². The maximum atomic E-state index is 13.2. The molecule has 1 unspecified atom stereocenters. The smallest absolute Gasteiger partial charge is 0.123 e. The molecule has 0 fully saturated rings. The molecule has 1 atom stereocenters.